The van der Waals surface area contributed by atoms with Gasteiger partial charge in [-0.25, -0.2) is 4.79 Å². The van der Waals surface area contributed by atoms with Crippen LogP contribution in [0.5, 0.6) is 5.75 Å². The van der Waals surface area contributed by atoms with Crippen molar-refractivity contribution in [3.8, 4) is 5.75 Å². The minimum Gasteiger partial charge on any atom is -0.496 e. The smallest absolute Gasteiger partial charge is 0.337 e. The molecule has 1 heterocycles. The maximum Gasteiger partial charge on any atom is 0.337 e. The van der Waals surface area contributed by atoms with Crippen LogP contribution < -0.4 is 15.0 Å². The molecule has 0 unspecified atom stereocenters. The van der Waals surface area contributed by atoms with E-state index in [2.05, 4.69) is 10.2 Å². The lowest BCUT2D eigenvalue weighted by molar-refractivity contribution is 0.0600. The zero-order chi connectivity index (χ0) is 25.7. The Labute approximate surface area is 214 Å². The van der Waals surface area contributed by atoms with E-state index in [1.807, 2.05) is 23.1 Å². The highest BCUT2D eigenvalue weighted by atomic mass is 35.5. The number of esters is 1. The van der Waals surface area contributed by atoms with E-state index < -0.39 is 11.9 Å². The van der Waals surface area contributed by atoms with Gasteiger partial charge in [0.1, 0.15) is 5.75 Å². The molecular weight excluding hydrogens is 482 g/mol. The zero-order valence-electron chi connectivity index (χ0n) is 20.0. The van der Waals surface area contributed by atoms with Gasteiger partial charge in [-0.3, -0.25) is 9.59 Å². The van der Waals surface area contributed by atoms with Gasteiger partial charge in [-0.1, -0.05) is 29.8 Å². The quantitative estimate of drug-likeness (QED) is 0.499. The first-order chi connectivity index (χ1) is 17.4. The fraction of sp³-hybridized carbons (Fsp3) is 0.222. The summed E-state index contributed by atoms with van der Waals surface area (Å²) in [7, 11) is 2.77. The van der Waals surface area contributed by atoms with Crippen molar-refractivity contribution in [2.24, 2.45) is 0 Å². The van der Waals surface area contributed by atoms with Crippen LogP contribution >= 0.6 is 11.6 Å². The summed E-state index contributed by atoms with van der Waals surface area (Å²) >= 11 is 6.11. The van der Waals surface area contributed by atoms with Gasteiger partial charge in [-0.05, 0) is 48.5 Å². The molecule has 1 N–H and O–H groups in total. The molecule has 0 aliphatic carbocycles. The molecule has 4 rings (SSSR count). The summed E-state index contributed by atoms with van der Waals surface area (Å²) < 4.78 is 10.2. The third-order valence-corrected chi connectivity index (χ3v) is 6.24. The van der Waals surface area contributed by atoms with Crippen LogP contribution in [0, 0.1) is 0 Å². The van der Waals surface area contributed by atoms with Crippen molar-refractivity contribution in [1.82, 2.24) is 4.90 Å². The second-order valence-corrected chi connectivity index (χ2v) is 8.60. The van der Waals surface area contributed by atoms with Gasteiger partial charge in [0.15, 0.2) is 0 Å². The van der Waals surface area contributed by atoms with E-state index in [-0.39, 0.29) is 11.5 Å². The molecule has 1 fully saturated rings. The predicted octanol–water partition coefficient (Wildman–Crippen LogP) is 4.35. The largest absolute Gasteiger partial charge is 0.496 e. The Kier molecular flexibility index (Phi) is 7.75. The molecule has 0 atom stereocenters. The first-order valence-corrected chi connectivity index (χ1v) is 11.8. The number of ether oxygens (including phenoxy) is 2. The van der Waals surface area contributed by atoms with Crippen molar-refractivity contribution >= 4 is 40.8 Å². The third-order valence-electron chi connectivity index (χ3n) is 6.00. The number of carbonyl (C=O) groups excluding carboxylic acids is 3. The second kappa shape index (κ2) is 11.1. The lowest BCUT2D eigenvalue weighted by atomic mass is 10.1. The molecule has 1 saturated heterocycles. The summed E-state index contributed by atoms with van der Waals surface area (Å²) in [5.74, 6) is -0.598. The van der Waals surface area contributed by atoms with Gasteiger partial charge in [-0.2, -0.15) is 0 Å². The fourth-order valence-electron chi connectivity index (χ4n) is 4.12. The fourth-order valence-corrected chi connectivity index (χ4v) is 4.29. The zero-order valence-corrected chi connectivity index (χ0v) is 20.7. The van der Waals surface area contributed by atoms with E-state index in [0.717, 1.165) is 5.69 Å². The number of nitrogens with zero attached hydrogens (tertiary/aromatic N) is 2. The number of rotatable bonds is 6. The van der Waals surface area contributed by atoms with E-state index in [1.54, 1.807) is 42.5 Å². The molecule has 0 bridgehead atoms. The van der Waals surface area contributed by atoms with Gasteiger partial charge in [-0.15, -0.1) is 0 Å². The number of hydrogen-bond acceptors (Lipinski definition) is 6. The number of nitrogens with one attached hydrogen (secondary N) is 1. The maximum absolute atomic E-state index is 13.2. The second-order valence-electron chi connectivity index (χ2n) is 8.17. The summed E-state index contributed by atoms with van der Waals surface area (Å²) in [6, 6.07) is 18.9. The van der Waals surface area contributed by atoms with Crippen LogP contribution in [0.3, 0.4) is 0 Å². The minimum atomic E-state index is -0.518. The van der Waals surface area contributed by atoms with Crippen LogP contribution in [0.15, 0.2) is 66.7 Å². The normalized spacial score (nSPS) is 13.2. The van der Waals surface area contributed by atoms with Crippen LogP contribution in [-0.4, -0.2) is 63.1 Å². The molecule has 3 aromatic carbocycles. The predicted molar refractivity (Wildman–Crippen MR) is 138 cm³/mol. The lowest BCUT2D eigenvalue weighted by Crippen LogP contribution is -2.49. The summed E-state index contributed by atoms with van der Waals surface area (Å²) in [6.07, 6.45) is 0. The monoisotopic (exact) mass is 507 g/mol. The molecule has 0 aromatic heterocycles. The average Bonchev–Trinajstić information content (AvgIpc) is 2.92. The number of piperazine rings is 1. The number of benzene rings is 3. The van der Waals surface area contributed by atoms with Crippen molar-refractivity contribution in [3.05, 3.63) is 88.4 Å². The van der Waals surface area contributed by atoms with Crippen molar-refractivity contribution in [2.45, 2.75) is 0 Å². The number of carbonyl (C=O) groups is 3. The highest BCUT2D eigenvalue weighted by Crippen LogP contribution is 2.31. The Morgan fingerprint density at radius 2 is 1.58 bits per heavy atom. The number of halogens is 1. The van der Waals surface area contributed by atoms with Gasteiger partial charge >= 0.3 is 5.97 Å². The molecule has 0 saturated carbocycles. The number of amides is 2. The first kappa shape index (κ1) is 25.1. The van der Waals surface area contributed by atoms with Crippen LogP contribution in [-0.2, 0) is 4.74 Å². The molecule has 9 heteroatoms. The molecular formula is C27H26ClN3O5. The summed E-state index contributed by atoms with van der Waals surface area (Å²) in [5, 5.41) is 3.29. The molecule has 186 valence electrons. The van der Waals surface area contributed by atoms with Crippen LogP contribution in [0.25, 0.3) is 0 Å². The average molecular weight is 508 g/mol. The van der Waals surface area contributed by atoms with Gasteiger partial charge in [0.2, 0.25) is 0 Å². The summed E-state index contributed by atoms with van der Waals surface area (Å²) in [4.78, 5) is 42.1. The van der Waals surface area contributed by atoms with Crippen LogP contribution in [0.4, 0.5) is 11.4 Å². The maximum atomic E-state index is 13.2. The lowest BCUT2D eigenvalue weighted by Gasteiger charge is -2.37. The first-order valence-electron chi connectivity index (χ1n) is 11.4. The minimum absolute atomic E-state index is 0.0159. The highest BCUT2D eigenvalue weighted by Gasteiger charge is 2.25. The molecule has 1 aliphatic rings. The standard InChI is InChI=1S/C27H26ClN3O5/c1-35-24-11-9-20(28)17-21(24)25(32)29-22-16-19(27(34)36-2)8-10-23(22)30-12-14-31(15-13-30)26(33)18-6-4-3-5-7-18/h3-11,16-17H,12-15H2,1-2H3,(H,29,32). The van der Waals surface area contributed by atoms with Crippen LogP contribution in [0.2, 0.25) is 5.02 Å². The number of anilines is 2. The van der Waals surface area contributed by atoms with Crippen LogP contribution in [0.1, 0.15) is 31.1 Å². The number of hydrogen-bond donors (Lipinski definition) is 1. The summed E-state index contributed by atoms with van der Waals surface area (Å²) in [6.45, 7) is 2.14. The Hall–Kier alpha value is -4.04. The van der Waals surface area contributed by atoms with Gasteiger partial charge in [0, 0.05) is 36.8 Å². The Morgan fingerprint density at radius 1 is 0.861 bits per heavy atom. The Balaban J connectivity index is 1.58. The SMILES string of the molecule is COC(=O)c1ccc(N2CCN(C(=O)c3ccccc3)CC2)c(NC(=O)c2cc(Cl)ccc2OC)c1. The van der Waals surface area contributed by atoms with E-state index in [4.69, 9.17) is 21.1 Å². The molecule has 3 aromatic rings. The third kappa shape index (κ3) is 5.44. The molecule has 8 nitrogen and oxygen atoms in total. The van der Waals surface area contributed by atoms with E-state index in [9.17, 15) is 14.4 Å². The van der Waals surface area contributed by atoms with Crippen molar-refractivity contribution in [3.63, 3.8) is 0 Å². The Bertz CT molecular complexity index is 1270. The summed E-state index contributed by atoms with van der Waals surface area (Å²) in [5.41, 5.74) is 2.37. The molecule has 2 amide bonds. The van der Waals surface area contributed by atoms with E-state index >= 15 is 0 Å². The van der Waals surface area contributed by atoms with Gasteiger partial charge in [0.25, 0.3) is 11.8 Å². The molecule has 1 aliphatic heterocycles. The molecule has 36 heavy (non-hydrogen) atoms. The molecule has 0 spiro atoms. The topological polar surface area (TPSA) is 88.2 Å². The Morgan fingerprint density at radius 3 is 2.25 bits per heavy atom. The van der Waals surface area contributed by atoms with E-state index in [1.165, 1.54) is 20.3 Å². The van der Waals surface area contributed by atoms with Gasteiger partial charge in [0.05, 0.1) is 36.7 Å². The van der Waals surface area contributed by atoms with Crippen molar-refractivity contribution in [2.75, 3.05) is 50.6 Å². The molecule has 0 radical (unpaired) electrons. The van der Waals surface area contributed by atoms with Gasteiger partial charge < -0.3 is 24.6 Å². The van der Waals surface area contributed by atoms with Crippen molar-refractivity contribution < 1.29 is 23.9 Å². The highest BCUT2D eigenvalue weighted by molar-refractivity contribution is 6.31. The van der Waals surface area contributed by atoms with E-state index in [0.29, 0.717) is 53.8 Å². The van der Waals surface area contributed by atoms with Crippen molar-refractivity contribution in [1.29, 1.82) is 0 Å². The number of methoxy groups -OCH3 is 2.